The normalized spacial score (nSPS) is 12.6. The van der Waals surface area contributed by atoms with Gasteiger partial charge in [0.2, 0.25) is 11.7 Å². The molecular weight excluding hydrogens is 425 g/mol. The predicted molar refractivity (Wildman–Crippen MR) is 106 cm³/mol. The van der Waals surface area contributed by atoms with Crippen molar-refractivity contribution in [3.8, 4) is 0 Å². The number of halogens is 4. The first-order chi connectivity index (χ1) is 13.7. The molecule has 3 rings (SSSR count). The van der Waals surface area contributed by atoms with Gasteiger partial charge in [0.25, 0.3) is 0 Å². The van der Waals surface area contributed by atoms with Crippen LogP contribution in [0.15, 0.2) is 53.7 Å². The molecule has 1 unspecified atom stereocenters. The van der Waals surface area contributed by atoms with E-state index in [-0.39, 0.29) is 5.16 Å². The van der Waals surface area contributed by atoms with E-state index in [9.17, 15) is 18.0 Å². The highest BCUT2D eigenvalue weighted by Crippen LogP contribution is 2.37. The maximum atomic E-state index is 13.0. The summed E-state index contributed by atoms with van der Waals surface area (Å²) in [5.41, 5.74) is 1.96. The average Bonchev–Trinajstić information content (AvgIpc) is 3.04. The number of carbonyl (C=O) groups excluding carboxylic acids is 1. The van der Waals surface area contributed by atoms with Crippen molar-refractivity contribution < 1.29 is 18.0 Å². The third-order valence-corrected chi connectivity index (χ3v) is 5.79. The summed E-state index contributed by atoms with van der Waals surface area (Å²) in [7, 11) is 1.21. The smallest absolute Gasteiger partial charge is 0.325 e. The third kappa shape index (κ3) is 4.91. The van der Waals surface area contributed by atoms with E-state index in [4.69, 9.17) is 11.6 Å². The Morgan fingerprint density at radius 2 is 1.86 bits per heavy atom. The summed E-state index contributed by atoms with van der Waals surface area (Å²) < 4.78 is 39.9. The summed E-state index contributed by atoms with van der Waals surface area (Å²) in [5.74, 6) is -1.55. The Morgan fingerprint density at radius 3 is 2.45 bits per heavy atom. The van der Waals surface area contributed by atoms with Crippen LogP contribution in [0, 0.1) is 6.92 Å². The Morgan fingerprint density at radius 1 is 1.17 bits per heavy atom. The number of anilines is 1. The Bertz CT molecular complexity index is 1020. The van der Waals surface area contributed by atoms with Crippen molar-refractivity contribution >= 4 is 35.0 Å². The lowest BCUT2D eigenvalue weighted by Crippen LogP contribution is -2.20. The van der Waals surface area contributed by atoms with Crippen LogP contribution in [0.2, 0.25) is 5.02 Å². The molecule has 0 bridgehead atoms. The second kappa shape index (κ2) is 8.46. The molecule has 152 valence electrons. The van der Waals surface area contributed by atoms with Crippen molar-refractivity contribution in [2.75, 3.05) is 5.32 Å². The van der Waals surface area contributed by atoms with Gasteiger partial charge in [-0.3, -0.25) is 4.79 Å². The summed E-state index contributed by atoms with van der Waals surface area (Å²) in [6, 6.07) is 13.8. The van der Waals surface area contributed by atoms with E-state index in [1.807, 2.05) is 6.92 Å². The molecule has 0 aliphatic heterocycles. The molecule has 1 aromatic heterocycles. The zero-order chi connectivity index (χ0) is 21.2. The highest BCUT2D eigenvalue weighted by Gasteiger charge is 2.38. The zero-order valence-electron chi connectivity index (χ0n) is 15.4. The summed E-state index contributed by atoms with van der Waals surface area (Å²) in [5, 5.41) is 9.22. The lowest BCUT2D eigenvalue weighted by Gasteiger charge is -2.17. The van der Waals surface area contributed by atoms with Gasteiger partial charge < -0.3 is 9.88 Å². The Balaban J connectivity index is 1.90. The van der Waals surface area contributed by atoms with Gasteiger partial charge in [0.15, 0.2) is 5.16 Å². The van der Waals surface area contributed by atoms with E-state index in [2.05, 4.69) is 15.5 Å². The number of aryl methyl sites for hydroxylation is 1. The van der Waals surface area contributed by atoms with Crippen molar-refractivity contribution in [2.24, 2.45) is 7.05 Å². The Kier molecular flexibility index (Phi) is 6.18. The van der Waals surface area contributed by atoms with Gasteiger partial charge in [-0.2, -0.15) is 13.2 Å². The number of nitrogens with zero attached hydrogens (tertiary/aromatic N) is 3. The highest BCUT2D eigenvalue weighted by atomic mass is 35.5. The fourth-order valence-electron chi connectivity index (χ4n) is 2.55. The molecule has 1 N–H and O–H groups in total. The molecule has 29 heavy (non-hydrogen) atoms. The molecule has 0 fully saturated rings. The average molecular weight is 441 g/mol. The largest absolute Gasteiger partial charge is 0.451 e. The van der Waals surface area contributed by atoms with Crippen molar-refractivity contribution in [1.82, 2.24) is 14.8 Å². The molecule has 2 aromatic carbocycles. The van der Waals surface area contributed by atoms with Crippen molar-refractivity contribution in [3.63, 3.8) is 0 Å². The number of aromatic nitrogens is 3. The van der Waals surface area contributed by atoms with Crippen LogP contribution in [-0.4, -0.2) is 20.7 Å². The van der Waals surface area contributed by atoms with Crippen LogP contribution in [-0.2, 0) is 18.0 Å². The second-order valence-electron chi connectivity index (χ2n) is 6.22. The van der Waals surface area contributed by atoms with E-state index >= 15 is 0 Å². The predicted octanol–water partition coefficient (Wildman–Crippen LogP) is 5.27. The lowest BCUT2D eigenvalue weighted by molar-refractivity contribution is -0.147. The van der Waals surface area contributed by atoms with Crippen LogP contribution in [0.1, 0.15) is 22.2 Å². The van der Waals surface area contributed by atoms with Gasteiger partial charge in [0.05, 0.1) is 0 Å². The minimum Gasteiger partial charge on any atom is -0.325 e. The van der Waals surface area contributed by atoms with Crippen LogP contribution in [0.3, 0.4) is 0 Å². The fourth-order valence-corrected chi connectivity index (χ4v) is 3.73. The van der Waals surface area contributed by atoms with Crippen LogP contribution in [0.5, 0.6) is 0 Å². The van der Waals surface area contributed by atoms with Crippen molar-refractivity contribution in [1.29, 1.82) is 0 Å². The summed E-state index contributed by atoms with van der Waals surface area (Å²) in [4.78, 5) is 13.0. The Hall–Kier alpha value is -2.52. The SMILES string of the molecule is Cc1ccc(NC(=O)C(Sc2nnc(C(F)(F)F)n2C)c2ccccc2)cc1Cl. The molecule has 0 saturated heterocycles. The first-order valence-electron chi connectivity index (χ1n) is 8.42. The third-order valence-electron chi connectivity index (χ3n) is 4.09. The first-order valence-corrected chi connectivity index (χ1v) is 9.68. The Labute approximate surface area is 174 Å². The van der Waals surface area contributed by atoms with Gasteiger partial charge in [-0.25, -0.2) is 0 Å². The molecule has 0 radical (unpaired) electrons. The lowest BCUT2D eigenvalue weighted by atomic mass is 10.1. The molecule has 0 aliphatic rings. The topological polar surface area (TPSA) is 59.8 Å². The second-order valence-corrected chi connectivity index (χ2v) is 7.70. The molecular formula is C19H16ClF3N4OS. The van der Waals surface area contributed by atoms with Gasteiger partial charge >= 0.3 is 6.18 Å². The monoisotopic (exact) mass is 440 g/mol. The van der Waals surface area contributed by atoms with Gasteiger partial charge in [0, 0.05) is 17.8 Å². The van der Waals surface area contributed by atoms with E-state index < -0.39 is 23.2 Å². The van der Waals surface area contributed by atoms with E-state index in [1.165, 1.54) is 7.05 Å². The number of carbonyl (C=O) groups is 1. The zero-order valence-corrected chi connectivity index (χ0v) is 16.9. The van der Waals surface area contributed by atoms with E-state index in [0.717, 1.165) is 21.9 Å². The minimum atomic E-state index is -4.64. The quantitative estimate of drug-likeness (QED) is 0.549. The summed E-state index contributed by atoms with van der Waals surface area (Å²) >= 11 is 6.99. The minimum absolute atomic E-state index is 0.0248. The summed E-state index contributed by atoms with van der Waals surface area (Å²) in [6.07, 6.45) is -4.64. The van der Waals surface area contributed by atoms with Gasteiger partial charge in [0.1, 0.15) is 5.25 Å². The first kappa shape index (κ1) is 21.2. The maximum Gasteiger partial charge on any atom is 0.451 e. The van der Waals surface area contributed by atoms with Crippen LogP contribution >= 0.6 is 23.4 Å². The maximum absolute atomic E-state index is 13.0. The highest BCUT2D eigenvalue weighted by molar-refractivity contribution is 8.00. The van der Waals surface area contributed by atoms with Crippen LogP contribution in [0.4, 0.5) is 18.9 Å². The number of alkyl halides is 3. The molecule has 10 heteroatoms. The number of amides is 1. The number of hydrogen-bond donors (Lipinski definition) is 1. The fraction of sp³-hybridized carbons (Fsp3) is 0.211. The number of rotatable bonds is 5. The molecule has 0 aliphatic carbocycles. The van der Waals surface area contributed by atoms with Gasteiger partial charge in [-0.15, -0.1) is 10.2 Å². The van der Waals surface area contributed by atoms with Gasteiger partial charge in [-0.1, -0.05) is 59.8 Å². The number of nitrogens with one attached hydrogen (secondary N) is 1. The number of thioether (sulfide) groups is 1. The number of hydrogen-bond acceptors (Lipinski definition) is 4. The molecule has 1 amide bonds. The molecule has 1 atom stereocenters. The van der Waals surface area contributed by atoms with Crippen LogP contribution < -0.4 is 5.32 Å². The molecule has 1 heterocycles. The van der Waals surface area contributed by atoms with Crippen molar-refractivity contribution in [2.45, 2.75) is 23.5 Å². The van der Waals surface area contributed by atoms with E-state index in [0.29, 0.717) is 16.3 Å². The summed E-state index contributed by atoms with van der Waals surface area (Å²) in [6.45, 7) is 1.84. The molecule has 0 spiro atoms. The van der Waals surface area contributed by atoms with Gasteiger partial charge in [-0.05, 0) is 30.2 Å². The molecule has 0 saturated carbocycles. The molecule has 5 nitrogen and oxygen atoms in total. The van der Waals surface area contributed by atoms with Crippen molar-refractivity contribution in [3.05, 3.63) is 70.5 Å². The number of benzene rings is 2. The molecule has 3 aromatic rings. The van der Waals surface area contributed by atoms with Crippen LogP contribution in [0.25, 0.3) is 0 Å². The van der Waals surface area contributed by atoms with E-state index in [1.54, 1.807) is 48.5 Å². The standard InChI is InChI=1S/C19H16ClF3N4OS/c1-11-8-9-13(10-14(11)20)24-16(28)15(12-6-4-3-5-7-12)29-18-26-25-17(27(18)2)19(21,22)23/h3-10,15H,1-2H3,(H,24,28).